The van der Waals surface area contributed by atoms with Crippen LogP contribution in [0.1, 0.15) is 27.2 Å². The van der Waals surface area contributed by atoms with Crippen molar-refractivity contribution in [2.24, 2.45) is 5.41 Å². The summed E-state index contributed by atoms with van der Waals surface area (Å²) in [5.74, 6) is 0.0674. The van der Waals surface area contributed by atoms with E-state index in [1.54, 1.807) is 24.3 Å². The minimum Gasteiger partial charge on any atom is -0.326 e. The Hall–Kier alpha value is -1.55. The molecule has 0 bridgehead atoms. The van der Waals surface area contributed by atoms with Gasteiger partial charge in [0.05, 0.1) is 0 Å². The van der Waals surface area contributed by atoms with E-state index in [2.05, 4.69) is 10.6 Å². The SMILES string of the molecule is CC(C)(C)C(=O)Nc1cccc(NC(=O)CCCl)c1. The molecule has 0 spiro atoms. The Bertz CT molecular complexity index is 467. The van der Waals surface area contributed by atoms with Crippen LogP contribution in [0.15, 0.2) is 24.3 Å². The number of carbonyl (C=O) groups is 2. The van der Waals surface area contributed by atoms with Gasteiger partial charge in [-0.05, 0) is 18.2 Å². The first-order chi connectivity index (χ1) is 8.82. The van der Waals surface area contributed by atoms with E-state index in [-0.39, 0.29) is 24.1 Å². The average molecular weight is 283 g/mol. The van der Waals surface area contributed by atoms with E-state index in [1.165, 1.54) is 0 Å². The normalized spacial score (nSPS) is 10.9. The van der Waals surface area contributed by atoms with Gasteiger partial charge in [-0.2, -0.15) is 0 Å². The zero-order chi connectivity index (χ0) is 14.5. The number of halogens is 1. The standard InChI is InChI=1S/C14H19ClN2O2/c1-14(2,3)13(19)17-11-6-4-5-10(9-11)16-12(18)7-8-15/h4-6,9H,7-8H2,1-3H3,(H,16,18)(H,17,19). The Morgan fingerprint density at radius 1 is 1.16 bits per heavy atom. The van der Waals surface area contributed by atoms with Gasteiger partial charge < -0.3 is 10.6 Å². The number of amides is 2. The third-order valence-corrected chi connectivity index (χ3v) is 2.60. The summed E-state index contributed by atoms with van der Waals surface area (Å²) in [6.45, 7) is 5.53. The van der Waals surface area contributed by atoms with Crippen LogP contribution in [0.2, 0.25) is 0 Å². The molecule has 2 amide bonds. The van der Waals surface area contributed by atoms with Crippen LogP contribution in [0.3, 0.4) is 0 Å². The lowest BCUT2D eigenvalue weighted by atomic mass is 9.95. The largest absolute Gasteiger partial charge is 0.326 e. The zero-order valence-electron chi connectivity index (χ0n) is 11.4. The highest BCUT2D eigenvalue weighted by Crippen LogP contribution is 2.20. The summed E-state index contributed by atoms with van der Waals surface area (Å²) in [5, 5.41) is 5.53. The number of nitrogens with one attached hydrogen (secondary N) is 2. The number of hydrogen-bond donors (Lipinski definition) is 2. The van der Waals surface area contributed by atoms with Gasteiger partial charge in [0.1, 0.15) is 0 Å². The third-order valence-electron chi connectivity index (χ3n) is 2.41. The van der Waals surface area contributed by atoms with Crippen LogP contribution in [0.5, 0.6) is 0 Å². The molecule has 0 saturated heterocycles. The van der Waals surface area contributed by atoms with Crippen molar-refractivity contribution in [1.82, 2.24) is 0 Å². The maximum atomic E-state index is 11.9. The second-order valence-electron chi connectivity index (χ2n) is 5.27. The maximum absolute atomic E-state index is 11.9. The first-order valence-corrected chi connectivity index (χ1v) is 6.63. The molecule has 1 rings (SSSR count). The van der Waals surface area contributed by atoms with Crippen molar-refractivity contribution in [2.45, 2.75) is 27.2 Å². The fourth-order valence-corrected chi connectivity index (χ4v) is 1.47. The number of hydrogen-bond acceptors (Lipinski definition) is 2. The Labute approximate surface area is 118 Å². The smallest absolute Gasteiger partial charge is 0.229 e. The third kappa shape index (κ3) is 5.30. The fraction of sp³-hybridized carbons (Fsp3) is 0.429. The summed E-state index contributed by atoms with van der Waals surface area (Å²) < 4.78 is 0. The number of anilines is 2. The summed E-state index contributed by atoms with van der Waals surface area (Å²) >= 11 is 5.50. The molecule has 1 aromatic carbocycles. The molecule has 5 heteroatoms. The van der Waals surface area contributed by atoms with Crippen LogP contribution >= 0.6 is 11.6 Å². The van der Waals surface area contributed by atoms with E-state index in [0.717, 1.165) is 0 Å². The molecule has 0 aliphatic carbocycles. The van der Waals surface area contributed by atoms with Gasteiger partial charge in [0.2, 0.25) is 11.8 Å². The minimum atomic E-state index is -0.460. The molecule has 0 atom stereocenters. The molecule has 19 heavy (non-hydrogen) atoms. The predicted molar refractivity (Wildman–Crippen MR) is 78.5 cm³/mol. The van der Waals surface area contributed by atoms with Crippen molar-refractivity contribution >= 4 is 34.8 Å². The van der Waals surface area contributed by atoms with Crippen LogP contribution in [-0.4, -0.2) is 17.7 Å². The lowest BCUT2D eigenvalue weighted by Crippen LogP contribution is -2.27. The molecular formula is C14H19ClN2O2. The Balaban J connectivity index is 2.72. The first kappa shape index (κ1) is 15.5. The van der Waals surface area contributed by atoms with E-state index in [9.17, 15) is 9.59 Å². The minimum absolute atomic E-state index is 0.0725. The second kappa shape index (κ2) is 6.57. The van der Waals surface area contributed by atoms with Crippen LogP contribution in [-0.2, 0) is 9.59 Å². The summed E-state index contributed by atoms with van der Waals surface area (Å²) in [6, 6.07) is 7.03. The summed E-state index contributed by atoms with van der Waals surface area (Å²) in [5.41, 5.74) is 0.836. The van der Waals surface area contributed by atoms with E-state index in [0.29, 0.717) is 11.4 Å². The monoisotopic (exact) mass is 282 g/mol. The number of carbonyl (C=O) groups excluding carboxylic acids is 2. The first-order valence-electron chi connectivity index (χ1n) is 6.10. The molecule has 104 valence electrons. The molecule has 2 N–H and O–H groups in total. The molecule has 0 unspecified atom stereocenters. The van der Waals surface area contributed by atoms with Crippen molar-refractivity contribution in [2.75, 3.05) is 16.5 Å². The molecular weight excluding hydrogens is 264 g/mol. The van der Waals surface area contributed by atoms with Crippen LogP contribution in [0, 0.1) is 5.41 Å². The molecule has 0 radical (unpaired) electrons. The molecule has 0 aliphatic heterocycles. The van der Waals surface area contributed by atoms with Crippen molar-refractivity contribution in [3.63, 3.8) is 0 Å². The molecule has 4 nitrogen and oxygen atoms in total. The van der Waals surface area contributed by atoms with Gasteiger partial charge in [0.15, 0.2) is 0 Å². The van der Waals surface area contributed by atoms with Crippen molar-refractivity contribution < 1.29 is 9.59 Å². The summed E-state index contributed by atoms with van der Waals surface area (Å²) in [4.78, 5) is 23.3. The maximum Gasteiger partial charge on any atom is 0.229 e. The highest BCUT2D eigenvalue weighted by Gasteiger charge is 2.21. The Morgan fingerprint density at radius 2 is 1.74 bits per heavy atom. The van der Waals surface area contributed by atoms with E-state index in [4.69, 9.17) is 11.6 Å². The van der Waals surface area contributed by atoms with Crippen molar-refractivity contribution in [3.8, 4) is 0 Å². The van der Waals surface area contributed by atoms with Crippen molar-refractivity contribution in [1.29, 1.82) is 0 Å². The van der Waals surface area contributed by atoms with Gasteiger partial charge in [-0.25, -0.2) is 0 Å². The van der Waals surface area contributed by atoms with Gasteiger partial charge in [-0.1, -0.05) is 26.8 Å². The number of rotatable bonds is 4. The highest BCUT2D eigenvalue weighted by atomic mass is 35.5. The van der Waals surface area contributed by atoms with E-state index >= 15 is 0 Å². The van der Waals surface area contributed by atoms with Gasteiger partial charge in [-0.3, -0.25) is 9.59 Å². The van der Waals surface area contributed by atoms with Gasteiger partial charge in [0.25, 0.3) is 0 Å². The quantitative estimate of drug-likeness (QED) is 0.833. The summed E-state index contributed by atoms with van der Waals surface area (Å²) in [6.07, 6.45) is 0.264. The fourth-order valence-electron chi connectivity index (χ4n) is 1.30. The number of alkyl halides is 1. The summed E-state index contributed by atoms with van der Waals surface area (Å²) in [7, 11) is 0. The number of benzene rings is 1. The molecule has 0 aliphatic rings. The average Bonchev–Trinajstić information content (AvgIpc) is 2.28. The van der Waals surface area contributed by atoms with E-state index in [1.807, 2.05) is 20.8 Å². The van der Waals surface area contributed by atoms with Gasteiger partial charge in [-0.15, -0.1) is 11.6 Å². The molecule has 1 aromatic rings. The highest BCUT2D eigenvalue weighted by molar-refractivity contribution is 6.19. The van der Waals surface area contributed by atoms with Crippen LogP contribution < -0.4 is 10.6 Å². The molecule has 0 heterocycles. The van der Waals surface area contributed by atoms with Gasteiger partial charge in [0, 0.05) is 29.1 Å². The molecule has 0 aromatic heterocycles. The van der Waals surface area contributed by atoms with Crippen LogP contribution in [0.25, 0.3) is 0 Å². The Morgan fingerprint density at radius 3 is 2.26 bits per heavy atom. The predicted octanol–water partition coefficient (Wildman–Crippen LogP) is 3.24. The lowest BCUT2D eigenvalue weighted by molar-refractivity contribution is -0.123. The van der Waals surface area contributed by atoms with E-state index < -0.39 is 5.41 Å². The molecule has 0 fully saturated rings. The van der Waals surface area contributed by atoms with Crippen molar-refractivity contribution in [3.05, 3.63) is 24.3 Å². The molecule has 0 saturated carbocycles. The topological polar surface area (TPSA) is 58.2 Å². The zero-order valence-corrected chi connectivity index (χ0v) is 12.2. The second-order valence-corrected chi connectivity index (χ2v) is 5.65. The van der Waals surface area contributed by atoms with Gasteiger partial charge >= 0.3 is 0 Å². The van der Waals surface area contributed by atoms with Crippen LogP contribution in [0.4, 0.5) is 11.4 Å². The lowest BCUT2D eigenvalue weighted by Gasteiger charge is -2.18. The Kier molecular flexibility index (Phi) is 5.36.